The molecule has 1 aliphatic heterocycles. The zero-order chi connectivity index (χ0) is 19.3. The fourth-order valence-electron chi connectivity index (χ4n) is 3.18. The predicted molar refractivity (Wildman–Crippen MR) is 110 cm³/mol. The van der Waals surface area contributed by atoms with Gasteiger partial charge in [0.05, 0.1) is 18.7 Å². The molecular weight excluding hydrogens is 372 g/mol. The second kappa shape index (κ2) is 8.35. The number of carbonyl (C=O) groups is 2. The number of fused-ring (bicyclic) bond motifs is 1. The molecule has 0 bridgehead atoms. The van der Waals surface area contributed by atoms with Crippen molar-refractivity contribution in [3.05, 3.63) is 71.1 Å². The third-order valence-corrected chi connectivity index (χ3v) is 5.70. The van der Waals surface area contributed by atoms with Crippen LogP contribution in [0.4, 0.5) is 0 Å². The number of nitrogens with zero attached hydrogens (tertiary/aromatic N) is 2. The summed E-state index contributed by atoms with van der Waals surface area (Å²) in [6.45, 7) is 0.788. The van der Waals surface area contributed by atoms with Crippen molar-refractivity contribution in [1.29, 1.82) is 0 Å². The normalized spacial score (nSPS) is 13.6. The molecule has 2 heterocycles. The number of carbonyl (C=O) groups excluding carboxylic acids is 2. The van der Waals surface area contributed by atoms with Crippen LogP contribution in [-0.2, 0) is 20.9 Å². The van der Waals surface area contributed by atoms with Crippen LogP contribution in [0.3, 0.4) is 0 Å². The third-order valence-electron chi connectivity index (χ3n) is 4.69. The number of ether oxygens (including phenoxy) is 1. The molecule has 0 saturated carbocycles. The topological polar surface area (TPSA) is 59.0 Å². The molecule has 0 spiro atoms. The summed E-state index contributed by atoms with van der Waals surface area (Å²) in [7, 11) is 0. The molecule has 1 amide bonds. The minimum absolute atomic E-state index is 0.0631. The lowest BCUT2D eigenvalue weighted by atomic mass is 10.1. The Morgan fingerprint density at radius 1 is 1.04 bits per heavy atom. The number of hydrazone groups is 1. The van der Waals surface area contributed by atoms with E-state index in [9.17, 15) is 9.59 Å². The van der Waals surface area contributed by atoms with Crippen LogP contribution in [0.5, 0.6) is 0 Å². The highest BCUT2D eigenvalue weighted by Crippen LogP contribution is 2.26. The second-order valence-electron chi connectivity index (χ2n) is 6.60. The Bertz CT molecular complexity index is 1030. The van der Waals surface area contributed by atoms with E-state index in [0.29, 0.717) is 6.54 Å². The Morgan fingerprint density at radius 3 is 2.68 bits per heavy atom. The van der Waals surface area contributed by atoms with Crippen LogP contribution in [0, 0.1) is 0 Å². The van der Waals surface area contributed by atoms with Gasteiger partial charge in [0, 0.05) is 23.1 Å². The van der Waals surface area contributed by atoms with Crippen LogP contribution in [-0.4, -0.2) is 29.1 Å². The van der Waals surface area contributed by atoms with Gasteiger partial charge in [-0.1, -0.05) is 48.5 Å². The molecule has 0 atom stereocenters. The maximum atomic E-state index is 12.3. The summed E-state index contributed by atoms with van der Waals surface area (Å²) in [5.74, 6) is -0.515. The van der Waals surface area contributed by atoms with Crippen molar-refractivity contribution in [2.45, 2.75) is 25.9 Å². The first-order valence-corrected chi connectivity index (χ1v) is 10.1. The standard InChI is InChI=1S/C22H20N2O3S/c25-21(24-13-12-19(23-24)16-6-2-1-3-7-16)10-11-22(26)27-14-17-15-28-20-9-5-4-8-18(17)20/h1-9,15H,10-14H2. The molecule has 0 saturated heterocycles. The molecule has 142 valence electrons. The van der Waals surface area contributed by atoms with Gasteiger partial charge in [-0.05, 0) is 22.4 Å². The molecule has 6 heteroatoms. The fraction of sp³-hybridized carbons (Fsp3) is 0.227. The van der Waals surface area contributed by atoms with Gasteiger partial charge in [0.2, 0.25) is 5.91 Å². The van der Waals surface area contributed by atoms with E-state index in [1.54, 1.807) is 11.3 Å². The van der Waals surface area contributed by atoms with E-state index in [1.807, 2.05) is 60.0 Å². The van der Waals surface area contributed by atoms with Gasteiger partial charge < -0.3 is 4.74 Å². The summed E-state index contributed by atoms with van der Waals surface area (Å²) >= 11 is 1.63. The second-order valence-corrected chi connectivity index (χ2v) is 7.51. The van der Waals surface area contributed by atoms with Crippen molar-refractivity contribution in [2.24, 2.45) is 5.10 Å². The Hall–Kier alpha value is -2.99. The Kier molecular flexibility index (Phi) is 5.48. The quantitative estimate of drug-likeness (QED) is 0.586. The molecule has 4 rings (SSSR count). The van der Waals surface area contributed by atoms with Crippen LogP contribution in [0.15, 0.2) is 65.1 Å². The van der Waals surface area contributed by atoms with E-state index in [1.165, 1.54) is 9.71 Å². The van der Waals surface area contributed by atoms with Crippen molar-refractivity contribution in [3.63, 3.8) is 0 Å². The maximum absolute atomic E-state index is 12.3. The van der Waals surface area contributed by atoms with Crippen LogP contribution < -0.4 is 0 Å². The first-order valence-electron chi connectivity index (χ1n) is 9.25. The molecule has 0 unspecified atom stereocenters. The number of amides is 1. The van der Waals surface area contributed by atoms with Crippen molar-refractivity contribution < 1.29 is 14.3 Å². The van der Waals surface area contributed by atoms with E-state index < -0.39 is 0 Å². The fourth-order valence-corrected chi connectivity index (χ4v) is 4.13. The lowest BCUT2D eigenvalue weighted by Crippen LogP contribution is -2.24. The summed E-state index contributed by atoms with van der Waals surface area (Å²) in [6.07, 6.45) is 0.897. The summed E-state index contributed by atoms with van der Waals surface area (Å²) in [5.41, 5.74) is 2.93. The van der Waals surface area contributed by atoms with E-state index in [4.69, 9.17) is 4.74 Å². The average Bonchev–Trinajstić information content (AvgIpc) is 3.39. The van der Waals surface area contributed by atoms with Gasteiger partial charge in [0.15, 0.2) is 0 Å². The van der Waals surface area contributed by atoms with Crippen LogP contribution in [0.25, 0.3) is 10.1 Å². The molecule has 3 aromatic rings. The minimum atomic E-state index is -0.366. The molecule has 0 fully saturated rings. The monoisotopic (exact) mass is 392 g/mol. The summed E-state index contributed by atoms with van der Waals surface area (Å²) in [4.78, 5) is 24.4. The maximum Gasteiger partial charge on any atom is 0.306 e. The van der Waals surface area contributed by atoms with Gasteiger partial charge in [-0.15, -0.1) is 11.3 Å². The Balaban J connectivity index is 1.27. The molecule has 2 aromatic carbocycles. The van der Waals surface area contributed by atoms with E-state index in [0.717, 1.165) is 28.6 Å². The van der Waals surface area contributed by atoms with Crippen molar-refractivity contribution in [1.82, 2.24) is 5.01 Å². The molecule has 1 aliphatic rings. The first-order chi connectivity index (χ1) is 13.7. The number of hydrogen-bond acceptors (Lipinski definition) is 5. The predicted octanol–water partition coefficient (Wildman–Crippen LogP) is 4.36. The van der Waals surface area contributed by atoms with E-state index >= 15 is 0 Å². The van der Waals surface area contributed by atoms with Gasteiger partial charge in [-0.2, -0.15) is 5.10 Å². The number of hydrogen-bond donors (Lipinski definition) is 0. The van der Waals surface area contributed by atoms with Gasteiger partial charge in [-0.3, -0.25) is 9.59 Å². The number of rotatable bonds is 6. The van der Waals surface area contributed by atoms with Gasteiger partial charge in [0.1, 0.15) is 6.61 Å². The van der Waals surface area contributed by atoms with Crippen molar-refractivity contribution in [2.75, 3.05) is 6.54 Å². The number of esters is 1. The summed E-state index contributed by atoms with van der Waals surface area (Å²) < 4.78 is 6.53. The van der Waals surface area contributed by atoms with Crippen LogP contribution >= 0.6 is 11.3 Å². The lowest BCUT2D eigenvalue weighted by molar-refractivity contribution is -0.147. The minimum Gasteiger partial charge on any atom is -0.461 e. The van der Waals surface area contributed by atoms with Crippen LogP contribution in [0.2, 0.25) is 0 Å². The average molecular weight is 392 g/mol. The molecule has 0 aliphatic carbocycles. The number of benzene rings is 2. The summed E-state index contributed by atoms with van der Waals surface area (Å²) in [5, 5.41) is 8.98. The van der Waals surface area contributed by atoms with Crippen molar-refractivity contribution >= 4 is 39.0 Å². The highest BCUT2D eigenvalue weighted by Gasteiger charge is 2.22. The van der Waals surface area contributed by atoms with E-state index in [2.05, 4.69) is 5.10 Å². The Labute approximate surface area is 167 Å². The molecule has 0 radical (unpaired) electrons. The highest BCUT2D eigenvalue weighted by molar-refractivity contribution is 7.17. The highest BCUT2D eigenvalue weighted by atomic mass is 32.1. The molecule has 1 aromatic heterocycles. The largest absolute Gasteiger partial charge is 0.461 e. The van der Waals surface area contributed by atoms with Gasteiger partial charge >= 0.3 is 5.97 Å². The Morgan fingerprint density at radius 2 is 1.82 bits per heavy atom. The SMILES string of the molecule is O=C(CCC(=O)N1CCC(c2ccccc2)=N1)OCc1csc2ccccc12. The third kappa shape index (κ3) is 4.12. The molecule has 5 nitrogen and oxygen atoms in total. The van der Waals surface area contributed by atoms with Crippen LogP contribution in [0.1, 0.15) is 30.4 Å². The van der Waals surface area contributed by atoms with Gasteiger partial charge in [0.25, 0.3) is 0 Å². The zero-order valence-electron chi connectivity index (χ0n) is 15.3. The first kappa shape index (κ1) is 18.4. The summed E-state index contributed by atoms with van der Waals surface area (Å²) in [6, 6.07) is 17.9. The van der Waals surface area contributed by atoms with E-state index in [-0.39, 0.29) is 31.3 Å². The van der Waals surface area contributed by atoms with Crippen molar-refractivity contribution in [3.8, 4) is 0 Å². The zero-order valence-corrected chi connectivity index (χ0v) is 16.2. The molecule has 28 heavy (non-hydrogen) atoms. The number of thiophene rings is 1. The molecular formula is C22H20N2O3S. The lowest BCUT2D eigenvalue weighted by Gasteiger charge is -2.11. The van der Waals surface area contributed by atoms with Gasteiger partial charge in [-0.25, -0.2) is 5.01 Å². The smallest absolute Gasteiger partial charge is 0.306 e. The molecule has 0 N–H and O–H groups in total.